The Morgan fingerprint density at radius 1 is 1.11 bits per heavy atom. The minimum atomic E-state index is -0.753. The Bertz CT molecular complexity index is 1060. The minimum absolute atomic E-state index is 0.0407. The zero-order valence-electron chi connectivity index (χ0n) is 15.5. The van der Waals surface area contributed by atoms with Crippen LogP contribution in [0.4, 0.5) is 5.69 Å². The van der Waals surface area contributed by atoms with E-state index in [1.807, 2.05) is 37.3 Å². The molecule has 0 aliphatic rings. The van der Waals surface area contributed by atoms with E-state index in [0.29, 0.717) is 17.7 Å². The van der Waals surface area contributed by atoms with Crippen molar-refractivity contribution in [2.75, 3.05) is 11.9 Å². The predicted molar refractivity (Wildman–Crippen MR) is 106 cm³/mol. The maximum absolute atomic E-state index is 12.8. The Hall–Kier alpha value is -3.45. The zero-order chi connectivity index (χ0) is 20.1. The summed E-state index contributed by atoms with van der Waals surface area (Å²) in [7, 11) is 0. The van der Waals surface area contributed by atoms with Crippen molar-refractivity contribution in [1.82, 2.24) is 5.32 Å². The van der Waals surface area contributed by atoms with Crippen molar-refractivity contribution >= 4 is 28.5 Å². The molecular weight excluding hydrogens is 358 g/mol. The molecule has 0 saturated heterocycles. The summed E-state index contributed by atoms with van der Waals surface area (Å²) in [5, 5.41) is 6.29. The van der Waals surface area contributed by atoms with Gasteiger partial charge in [-0.2, -0.15) is 0 Å². The number of benzene rings is 2. The van der Waals surface area contributed by atoms with Gasteiger partial charge in [-0.15, -0.1) is 0 Å². The van der Waals surface area contributed by atoms with Gasteiger partial charge in [0.25, 0.3) is 5.91 Å². The van der Waals surface area contributed by atoms with E-state index >= 15 is 0 Å². The Morgan fingerprint density at radius 3 is 2.57 bits per heavy atom. The summed E-state index contributed by atoms with van der Waals surface area (Å²) in [4.78, 5) is 36.2. The summed E-state index contributed by atoms with van der Waals surface area (Å²) in [6, 6.07) is 15.2. The number of anilines is 1. The fourth-order valence-electron chi connectivity index (χ4n) is 2.96. The van der Waals surface area contributed by atoms with Crippen LogP contribution in [0.2, 0.25) is 0 Å². The molecule has 0 radical (unpaired) electrons. The molecule has 3 rings (SSSR count). The highest BCUT2D eigenvalue weighted by Crippen LogP contribution is 2.21. The molecule has 0 aliphatic carbocycles. The second-order valence-electron chi connectivity index (χ2n) is 6.51. The van der Waals surface area contributed by atoms with Crippen molar-refractivity contribution < 1.29 is 19.7 Å². The summed E-state index contributed by atoms with van der Waals surface area (Å²) in [5.74, 6) is -0.670. The fourth-order valence-corrected chi connectivity index (χ4v) is 2.96. The van der Waals surface area contributed by atoms with Crippen LogP contribution in [0.15, 0.2) is 63.8 Å². The molecule has 0 bridgehead atoms. The standard InChI is InChI=1S/C21H21N3O4/c1-13-9-20(26)28-18-11-15(7-8-16(13)18)23-21(27)17(24-19(25)12-22)10-14-5-3-2-4-6-14/h2-9,11,17H,10,12,22H2,1H3,(H,23,27)(H,24,25)/p+1/t17-/m0/s1. The van der Waals surface area contributed by atoms with E-state index in [2.05, 4.69) is 16.4 Å². The SMILES string of the molecule is Cc1cc(=O)oc2cc(NC(=O)[C@H](Cc3ccccc3)NC(=O)C[NH3+])ccc12. The zero-order valence-corrected chi connectivity index (χ0v) is 15.5. The van der Waals surface area contributed by atoms with Crippen molar-refractivity contribution in [3.63, 3.8) is 0 Å². The highest BCUT2D eigenvalue weighted by Gasteiger charge is 2.21. The summed E-state index contributed by atoms with van der Waals surface area (Å²) in [6.07, 6.45) is 0.347. The fraction of sp³-hybridized carbons (Fsp3) is 0.190. The molecule has 3 aromatic rings. The predicted octanol–water partition coefficient (Wildman–Crippen LogP) is 1.01. The summed E-state index contributed by atoms with van der Waals surface area (Å²) in [6.45, 7) is 1.86. The van der Waals surface area contributed by atoms with E-state index in [-0.39, 0.29) is 18.4 Å². The first-order valence-corrected chi connectivity index (χ1v) is 8.94. The molecule has 0 spiro atoms. The topological polar surface area (TPSA) is 116 Å². The van der Waals surface area contributed by atoms with Gasteiger partial charge >= 0.3 is 5.63 Å². The van der Waals surface area contributed by atoms with E-state index in [1.54, 1.807) is 18.2 Å². The molecule has 0 saturated carbocycles. The van der Waals surface area contributed by atoms with Gasteiger partial charge in [0, 0.05) is 29.6 Å². The van der Waals surface area contributed by atoms with Crippen LogP contribution in [-0.2, 0) is 16.0 Å². The molecule has 2 amide bonds. The van der Waals surface area contributed by atoms with Crippen molar-refractivity contribution in [1.29, 1.82) is 0 Å². The van der Waals surface area contributed by atoms with Gasteiger partial charge in [-0.05, 0) is 30.2 Å². The van der Waals surface area contributed by atoms with Crippen LogP contribution in [0.25, 0.3) is 11.0 Å². The second kappa shape index (κ2) is 8.49. The first-order chi connectivity index (χ1) is 13.5. The molecule has 0 unspecified atom stereocenters. The van der Waals surface area contributed by atoms with E-state index < -0.39 is 11.7 Å². The van der Waals surface area contributed by atoms with Gasteiger partial charge in [0.15, 0.2) is 6.54 Å². The van der Waals surface area contributed by atoms with Gasteiger partial charge in [0.05, 0.1) is 0 Å². The maximum atomic E-state index is 12.8. The number of hydrogen-bond donors (Lipinski definition) is 3. The minimum Gasteiger partial charge on any atom is -0.423 e. The molecule has 28 heavy (non-hydrogen) atoms. The average Bonchev–Trinajstić information content (AvgIpc) is 2.67. The van der Waals surface area contributed by atoms with E-state index in [0.717, 1.165) is 16.5 Å². The van der Waals surface area contributed by atoms with Crippen molar-refractivity contribution in [3.05, 3.63) is 76.1 Å². The van der Waals surface area contributed by atoms with Crippen LogP contribution in [0.5, 0.6) is 0 Å². The average molecular weight is 380 g/mol. The lowest BCUT2D eigenvalue weighted by atomic mass is 10.0. The molecule has 0 aliphatic heterocycles. The lowest BCUT2D eigenvalue weighted by Crippen LogP contribution is -2.59. The van der Waals surface area contributed by atoms with Crippen molar-refractivity contribution in [3.8, 4) is 0 Å². The molecule has 1 aromatic heterocycles. The largest absolute Gasteiger partial charge is 0.423 e. The molecule has 1 atom stereocenters. The van der Waals surface area contributed by atoms with Crippen LogP contribution in [0.1, 0.15) is 11.1 Å². The van der Waals surface area contributed by atoms with Gasteiger partial charge < -0.3 is 20.8 Å². The molecular formula is C21H22N3O4+. The molecule has 144 valence electrons. The molecule has 7 heteroatoms. The third kappa shape index (κ3) is 4.63. The Labute approximate surface area is 161 Å². The number of aryl methyl sites for hydroxylation is 1. The molecule has 7 nitrogen and oxygen atoms in total. The van der Waals surface area contributed by atoms with Gasteiger partial charge in [0.1, 0.15) is 11.6 Å². The summed E-state index contributed by atoms with van der Waals surface area (Å²) < 4.78 is 5.22. The number of nitrogens with one attached hydrogen (secondary N) is 2. The maximum Gasteiger partial charge on any atom is 0.336 e. The van der Waals surface area contributed by atoms with Gasteiger partial charge in [-0.25, -0.2) is 4.79 Å². The summed E-state index contributed by atoms with van der Waals surface area (Å²) in [5.41, 5.74) is 5.70. The lowest BCUT2D eigenvalue weighted by Gasteiger charge is -2.18. The molecule has 0 fully saturated rings. The highest BCUT2D eigenvalue weighted by molar-refractivity contribution is 5.98. The van der Waals surface area contributed by atoms with E-state index in [9.17, 15) is 14.4 Å². The number of amides is 2. The van der Waals surface area contributed by atoms with Crippen LogP contribution in [0, 0.1) is 6.92 Å². The van der Waals surface area contributed by atoms with E-state index in [4.69, 9.17) is 4.42 Å². The monoisotopic (exact) mass is 380 g/mol. The lowest BCUT2D eigenvalue weighted by molar-refractivity contribution is -0.355. The number of carbonyl (C=O) groups excluding carboxylic acids is 2. The van der Waals surface area contributed by atoms with Crippen LogP contribution in [-0.4, -0.2) is 24.4 Å². The van der Waals surface area contributed by atoms with Gasteiger partial charge in [0.2, 0.25) is 5.91 Å². The Balaban J connectivity index is 1.83. The quantitative estimate of drug-likeness (QED) is 0.553. The van der Waals surface area contributed by atoms with Crippen LogP contribution >= 0.6 is 0 Å². The molecule has 1 heterocycles. The third-order valence-electron chi connectivity index (χ3n) is 4.38. The first-order valence-electron chi connectivity index (χ1n) is 8.94. The van der Waals surface area contributed by atoms with Gasteiger partial charge in [-0.1, -0.05) is 30.3 Å². The summed E-state index contributed by atoms with van der Waals surface area (Å²) >= 11 is 0. The van der Waals surface area contributed by atoms with Crippen LogP contribution < -0.4 is 22.0 Å². The normalized spacial score (nSPS) is 11.8. The van der Waals surface area contributed by atoms with Crippen LogP contribution in [0.3, 0.4) is 0 Å². The Morgan fingerprint density at radius 2 is 1.86 bits per heavy atom. The number of hydrogen-bond acceptors (Lipinski definition) is 4. The highest BCUT2D eigenvalue weighted by atomic mass is 16.4. The number of rotatable bonds is 6. The first kappa shape index (κ1) is 19.3. The van der Waals surface area contributed by atoms with Crippen molar-refractivity contribution in [2.45, 2.75) is 19.4 Å². The number of fused-ring (bicyclic) bond motifs is 1. The van der Waals surface area contributed by atoms with Crippen molar-refractivity contribution in [2.24, 2.45) is 0 Å². The smallest absolute Gasteiger partial charge is 0.336 e. The second-order valence-corrected chi connectivity index (χ2v) is 6.51. The molecule has 2 aromatic carbocycles. The molecule has 5 N–H and O–H groups in total. The Kier molecular flexibility index (Phi) is 5.86. The number of quaternary nitrogens is 1. The van der Waals surface area contributed by atoms with E-state index in [1.165, 1.54) is 6.07 Å². The number of carbonyl (C=O) groups is 2. The third-order valence-corrected chi connectivity index (χ3v) is 4.38. The van der Waals surface area contributed by atoms with Gasteiger partial charge in [-0.3, -0.25) is 9.59 Å².